The lowest BCUT2D eigenvalue weighted by Gasteiger charge is -2.09. The number of esters is 1. The smallest absolute Gasteiger partial charge is 0.326 e. The van der Waals surface area contributed by atoms with E-state index in [1.807, 2.05) is 0 Å². The van der Waals surface area contributed by atoms with Gasteiger partial charge in [-0.2, -0.15) is 0 Å². The van der Waals surface area contributed by atoms with Gasteiger partial charge in [-0.05, 0) is 26.0 Å². The zero-order valence-electron chi connectivity index (χ0n) is 11.0. The fourth-order valence-corrected chi connectivity index (χ4v) is 1.41. The summed E-state index contributed by atoms with van der Waals surface area (Å²) in [6.45, 7) is 3.32. The van der Waals surface area contributed by atoms with E-state index >= 15 is 0 Å². The van der Waals surface area contributed by atoms with Gasteiger partial charge in [0.25, 0.3) is 5.56 Å². The van der Waals surface area contributed by atoms with Crippen LogP contribution in [0.4, 0.5) is 0 Å². The van der Waals surface area contributed by atoms with E-state index in [2.05, 4.69) is 11.8 Å². The minimum Gasteiger partial charge on any atom is -0.462 e. The lowest BCUT2D eigenvalue weighted by Crippen LogP contribution is -2.27. The molecule has 0 aliphatic heterocycles. The van der Waals surface area contributed by atoms with Crippen LogP contribution in [0.3, 0.4) is 0 Å². The van der Waals surface area contributed by atoms with Gasteiger partial charge in [-0.3, -0.25) is 9.59 Å². The standard InChI is InChI=1S/C14H17NO4/c1-11(2)19-13(17)10-15-8-5-7-12(14(15)18)6-3-4-9-16/h5,7-8,11,16H,4,9-10H2,1-2H3. The summed E-state index contributed by atoms with van der Waals surface area (Å²) in [4.78, 5) is 23.5. The molecule has 0 aromatic carbocycles. The van der Waals surface area contributed by atoms with Gasteiger partial charge in [-0.25, -0.2) is 0 Å². The lowest BCUT2D eigenvalue weighted by atomic mass is 10.2. The molecule has 0 bridgehead atoms. The molecule has 1 aromatic rings. The molecule has 0 aliphatic carbocycles. The summed E-state index contributed by atoms with van der Waals surface area (Å²) >= 11 is 0. The molecule has 0 aliphatic rings. The van der Waals surface area contributed by atoms with Crippen LogP contribution in [0.15, 0.2) is 23.1 Å². The highest BCUT2D eigenvalue weighted by Crippen LogP contribution is 1.94. The van der Waals surface area contributed by atoms with E-state index in [-0.39, 0.29) is 24.8 Å². The van der Waals surface area contributed by atoms with Crippen LogP contribution in [-0.2, 0) is 16.1 Å². The van der Waals surface area contributed by atoms with Crippen LogP contribution in [0, 0.1) is 11.8 Å². The molecule has 0 amide bonds. The van der Waals surface area contributed by atoms with Gasteiger partial charge >= 0.3 is 5.97 Å². The van der Waals surface area contributed by atoms with Gasteiger partial charge in [0.15, 0.2) is 0 Å². The zero-order valence-corrected chi connectivity index (χ0v) is 11.0. The summed E-state index contributed by atoms with van der Waals surface area (Å²) in [6, 6.07) is 3.23. The maximum Gasteiger partial charge on any atom is 0.326 e. The van der Waals surface area contributed by atoms with Gasteiger partial charge in [-0.1, -0.05) is 11.8 Å². The van der Waals surface area contributed by atoms with Crippen molar-refractivity contribution in [2.75, 3.05) is 6.61 Å². The predicted molar refractivity (Wildman–Crippen MR) is 70.5 cm³/mol. The topological polar surface area (TPSA) is 68.5 Å². The Morgan fingerprint density at radius 1 is 1.53 bits per heavy atom. The average molecular weight is 263 g/mol. The molecule has 19 heavy (non-hydrogen) atoms. The summed E-state index contributed by atoms with van der Waals surface area (Å²) in [5, 5.41) is 8.62. The molecule has 0 saturated heterocycles. The van der Waals surface area contributed by atoms with Crippen LogP contribution in [0.1, 0.15) is 25.8 Å². The van der Waals surface area contributed by atoms with Crippen LogP contribution in [-0.4, -0.2) is 28.4 Å². The van der Waals surface area contributed by atoms with Crippen LogP contribution in [0.5, 0.6) is 0 Å². The van der Waals surface area contributed by atoms with Gasteiger partial charge in [0.05, 0.1) is 18.3 Å². The van der Waals surface area contributed by atoms with Crippen molar-refractivity contribution in [1.29, 1.82) is 0 Å². The maximum atomic E-state index is 12.0. The number of nitrogens with zero attached hydrogens (tertiary/aromatic N) is 1. The number of aromatic nitrogens is 1. The molecule has 0 saturated carbocycles. The number of pyridine rings is 1. The van der Waals surface area contributed by atoms with Gasteiger partial charge in [0.1, 0.15) is 6.54 Å². The quantitative estimate of drug-likeness (QED) is 0.635. The number of hydrogen-bond donors (Lipinski definition) is 1. The minimum absolute atomic E-state index is 0.0469. The van der Waals surface area contributed by atoms with E-state index < -0.39 is 5.97 Å². The van der Waals surface area contributed by atoms with E-state index in [9.17, 15) is 9.59 Å². The molecule has 1 N–H and O–H groups in total. The van der Waals surface area contributed by atoms with Crippen molar-refractivity contribution in [1.82, 2.24) is 4.57 Å². The highest BCUT2D eigenvalue weighted by molar-refractivity contribution is 5.69. The second kappa shape index (κ2) is 7.39. The number of carbonyl (C=O) groups excluding carboxylic acids is 1. The van der Waals surface area contributed by atoms with Crippen molar-refractivity contribution < 1.29 is 14.6 Å². The Hall–Kier alpha value is -2.06. The van der Waals surface area contributed by atoms with Crippen LogP contribution >= 0.6 is 0 Å². The number of carbonyl (C=O) groups is 1. The Morgan fingerprint density at radius 2 is 2.26 bits per heavy atom. The molecule has 0 unspecified atom stereocenters. The highest BCUT2D eigenvalue weighted by Gasteiger charge is 2.08. The highest BCUT2D eigenvalue weighted by atomic mass is 16.5. The average Bonchev–Trinajstić information content (AvgIpc) is 2.33. The Labute approximate surface area is 111 Å². The van der Waals surface area contributed by atoms with Crippen LogP contribution in [0.25, 0.3) is 0 Å². The largest absolute Gasteiger partial charge is 0.462 e. The molecule has 0 fully saturated rings. The third kappa shape index (κ3) is 4.98. The van der Waals surface area contributed by atoms with E-state index in [1.165, 1.54) is 10.8 Å². The summed E-state index contributed by atoms with van der Waals surface area (Å²) < 4.78 is 6.24. The summed E-state index contributed by atoms with van der Waals surface area (Å²) in [5.41, 5.74) is -0.0399. The number of aliphatic hydroxyl groups is 1. The summed E-state index contributed by atoms with van der Waals surface area (Å²) in [5.74, 6) is 4.89. The predicted octanol–water partition coefficient (Wildman–Crippen LogP) is 0.534. The Bertz CT molecular complexity index is 549. The van der Waals surface area contributed by atoms with Crippen molar-refractivity contribution in [2.24, 2.45) is 0 Å². The molecule has 0 atom stereocenters. The Morgan fingerprint density at radius 3 is 2.89 bits per heavy atom. The molecule has 1 aromatic heterocycles. The van der Waals surface area contributed by atoms with Gasteiger partial charge < -0.3 is 14.4 Å². The van der Waals surface area contributed by atoms with E-state index in [4.69, 9.17) is 9.84 Å². The summed E-state index contributed by atoms with van der Waals surface area (Å²) in [7, 11) is 0. The van der Waals surface area contributed by atoms with Crippen molar-refractivity contribution in [3.05, 3.63) is 34.2 Å². The fourth-order valence-electron chi connectivity index (χ4n) is 1.41. The molecular formula is C14H17NO4. The van der Waals surface area contributed by atoms with Crippen LogP contribution < -0.4 is 5.56 Å². The number of rotatable bonds is 4. The molecule has 0 spiro atoms. The first-order valence-electron chi connectivity index (χ1n) is 6.03. The molecule has 5 nitrogen and oxygen atoms in total. The van der Waals surface area contributed by atoms with Gasteiger partial charge in [0, 0.05) is 12.6 Å². The van der Waals surface area contributed by atoms with Crippen molar-refractivity contribution in [3.8, 4) is 11.8 Å². The van der Waals surface area contributed by atoms with Crippen molar-refractivity contribution in [2.45, 2.75) is 32.9 Å². The third-order valence-corrected chi connectivity index (χ3v) is 2.15. The van der Waals surface area contributed by atoms with E-state index in [0.717, 1.165) is 0 Å². The number of ether oxygens (including phenoxy) is 1. The molecule has 5 heteroatoms. The van der Waals surface area contributed by atoms with Crippen LogP contribution in [0.2, 0.25) is 0 Å². The first-order valence-corrected chi connectivity index (χ1v) is 6.03. The Balaban J connectivity index is 2.87. The van der Waals surface area contributed by atoms with E-state index in [0.29, 0.717) is 12.0 Å². The normalized spacial score (nSPS) is 9.89. The first-order chi connectivity index (χ1) is 9.04. The fraction of sp³-hybridized carbons (Fsp3) is 0.429. The van der Waals surface area contributed by atoms with Gasteiger partial charge in [0.2, 0.25) is 0 Å². The van der Waals surface area contributed by atoms with Gasteiger partial charge in [-0.15, -0.1) is 0 Å². The number of aliphatic hydroxyl groups excluding tert-OH is 1. The molecule has 1 rings (SSSR count). The second-order valence-corrected chi connectivity index (χ2v) is 4.17. The van der Waals surface area contributed by atoms with Crippen molar-refractivity contribution >= 4 is 5.97 Å². The lowest BCUT2D eigenvalue weighted by molar-refractivity contribution is -0.148. The Kier molecular flexibility index (Phi) is 5.83. The second-order valence-electron chi connectivity index (χ2n) is 4.17. The summed E-state index contributed by atoms with van der Waals surface area (Å²) in [6.07, 6.45) is 1.61. The van der Waals surface area contributed by atoms with E-state index in [1.54, 1.807) is 26.0 Å². The third-order valence-electron chi connectivity index (χ3n) is 2.15. The monoisotopic (exact) mass is 263 g/mol. The SMILES string of the molecule is CC(C)OC(=O)Cn1cccc(C#CCCO)c1=O. The molecular weight excluding hydrogens is 246 g/mol. The molecule has 1 heterocycles. The zero-order chi connectivity index (χ0) is 14.3. The number of hydrogen-bond acceptors (Lipinski definition) is 4. The first kappa shape index (κ1) is 15.0. The molecule has 102 valence electrons. The maximum absolute atomic E-state index is 12.0. The minimum atomic E-state index is -0.461. The van der Waals surface area contributed by atoms with Crippen molar-refractivity contribution in [3.63, 3.8) is 0 Å². The molecule has 0 radical (unpaired) electrons.